The van der Waals surface area contributed by atoms with Crippen LogP contribution in [0.25, 0.3) is 0 Å². The molecule has 1 heterocycles. The smallest absolute Gasteiger partial charge is 0.360 e. The topological polar surface area (TPSA) is 95.3 Å². The van der Waals surface area contributed by atoms with E-state index < -0.39 is 5.97 Å². The van der Waals surface area contributed by atoms with Crippen LogP contribution in [0.5, 0.6) is 0 Å². The van der Waals surface area contributed by atoms with Crippen LogP contribution >= 0.6 is 0 Å². The Kier molecular flexibility index (Phi) is 5.83. The molecular formula is C13H22N4O4. The Morgan fingerprint density at radius 1 is 1.29 bits per heavy atom. The summed E-state index contributed by atoms with van der Waals surface area (Å²) in [5.41, 5.74) is 0.268. The summed E-state index contributed by atoms with van der Waals surface area (Å²) in [6, 6.07) is 0. The van der Waals surface area contributed by atoms with Crippen molar-refractivity contribution in [1.82, 2.24) is 20.3 Å². The average Bonchev–Trinajstić information content (AvgIpc) is 2.69. The normalized spacial score (nSPS) is 11.3. The van der Waals surface area contributed by atoms with Crippen LogP contribution in [0, 0.1) is 6.92 Å². The number of hydrogen-bond donors (Lipinski definition) is 1. The van der Waals surface area contributed by atoms with E-state index in [1.165, 1.54) is 11.8 Å². The van der Waals surface area contributed by atoms with E-state index in [1.807, 2.05) is 20.8 Å². The summed E-state index contributed by atoms with van der Waals surface area (Å²) in [5, 5.41) is 10.4. The van der Waals surface area contributed by atoms with E-state index in [0.717, 1.165) is 0 Å². The van der Waals surface area contributed by atoms with Crippen molar-refractivity contribution in [1.29, 1.82) is 0 Å². The molecule has 0 aromatic carbocycles. The van der Waals surface area contributed by atoms with Crippen molar-refractivity contribution in [3.63, 3.8) is 0 Å². The highest BCUT2D eigenvalue weighted by Crippen LogP contribution is 2.06. The van der Waals surface area contributed by atoms with Crippen LogP contribution in [-0.4, -0.2) is 52.7 Å². The highest BCUT2D eigenvalue weighted by Gasteiger charge is 2.20. The quantitative estimate of drug-likeness (QED) is 0.599. The lowest BCUT2D eigenvalue weighted by molar-refractivity contribution is -0.123. The fourth-order valence-electron chi connectivity index (χ4n) is 1.58. The molecule has 0 aliphatic rings. The Morgan fingerprint density at radius 2 is 1.95 bits per heavy atom. The third-order valence-electron chi connectivity index (χ3n) is 2.50. The van der Waals surface area contributed by atoms with Crippen LogP contribution in [-0.2, 0) is 20.8 Å². The highest BCUT2D eigenvalue weighted by atomic mass is 16.6. The zero-order chi connectivity index (χ0) is 16.0. The number of rotatable bonds is 6. The summed E-state index contributed by atoms with van der Waals surface area (Å²) in [4.78, 5) is 23.6. The predicted molar refractivity (Wildman–Crippen MR) is 74.8 cm³/mol. The first-order valence-electron chi connectivity index (χ1n) is 6.61. The number of carbonyl (C=O) groups excluding carboxylic acids is 2. The summed E-state index contributed by atoms with van der Waals surface area (Å²) >= 11 is 0. The lowest BCUT2D eigenvalue weighted by atomic mass is 10.1. The molecule has 1 aromatic rings. The van der Waals surface area contributed by atoms with Crippen LogP contribution in [0.3, 0.4) is 0 Å². The molecule has 8 heteroatoms. The monoisotopic (exact) mass is 298 g/mol. The lowest BCUT2D eigenvalue weighted by Crippen LogP contribution is -2.42. The van der Waals surface area contributed by atoms with Gasteiger partial charge < -0.3 is 14.8 Å². The summed E-state index contributed by atoms with van der Waals surface area (Å²) in [5.74, 6) is -0.776. The van der Waals surface area contributed by atoms with E-state index in [2.05, 4.69) is 15.6 Å². The molecule has 0 atom stereocenters. The van der Waals surface area contributed by atoms with Gasteiger partial charge in [0.25, 0.3) is 0 Å². The predicted octanol–water partition coefficient (Wildman–Crippen LogP) is 0.304. The van der Waals surface area contributed by atoms with Crippen LogP contribution in [0.2, 0.25) is 0 Å². The largest absolute Gasteiger partial charge is 0.458 e. The second kappa shape index (κ2) is 7.16. The molecule has 0 radical (unpaired) electrons. The van der Waals surface area contributed by atoms with Crippen LogP contribution in [0.15, 0.2) is 0 Å². The first-order valence-corrected chi connectivity index (χ1v) is 6.61. The van der Waals surface area contributed by atoms with Gasteiger partial charge in [-0.15, -0.1) is 5.10 Å². The number of nitrogens with one attached hydrogen (secondary N) is 1. The number of aromatic nitrogens is 3. The van der Waals surface area contributed by atoms with E-state index in [-0.39, 0.29) is 30.3 Å². The SMILES string of the molecule is COCCOC(=O)c1nnn(CC(=O)NC(C)(C)C)c1C. The maximum absolute atomic E-state index is 11.8. The average molecular weight is 298 g/mol. The summed E-state index contributed by atoms with van der Waals surface area (Å²) in [6.45, 7) is 7.78. The van der Waals surface area contributed by atoms with Gasteiger partial charge in [-0.1, -0.05) is 5.21 Å². The van der Waals surface area contributed by atoms with Crippen molar-refractivity contribution >= 4 is 11.9 Å². The minimum Gasteiger partial charge on any atom is -0.458 e. The van der Waals surface area contributed by atoms with Crippen molar-refractivity contribution in [2.45, 2.75) is 39.8 Å². The molecule has 8 nitrogen and oxygen atoms in total. The highest BCUT2D eigenvalue weighted by molar-refractivity contribution is 5.88. The fourth-order valence-corrected chi connectivity index (χ4v) is 1.58. The lowest BCUT2D eigenvalue weighted by Gasteiger charge is -2.20. The van der Waals surface area contributed by atoms with Crippen molar-refractivity contribution in [3.8, 4) is 0 Å². The first kappa shape index (κ1) is 17.1. The zero-order valence-corrected chi connectivity index (χ0v) is 13.1. The van der Waals surface area contributed by atoms with Gasteiger partial charge in [0.2, 0.25) is 5.91 Å². The maximum atomic E-state index is 11.8. The summed E-state index contributed by atoms with van der Waals surface area (Å²) in [6.07, 6.45) is 0. The van der Waals surface area contributed by atoms with Gasteiger partial charge in [-0.3, -0.25) is 4.79 Å². The second-order valence-electron chi connectivity index (χ2n) is 5.61. The molecule has 0 saturated heterocycles. The van der Waals surface area contributed by atoms with Crippen molar-refractivity contribution in [3.05, 3.63) is 11.4 Å². The number of carbonyl (C=O) groups is 2. The van der Waals surface area contributed by atoms with Gasteiger partial charge in [-0.25, -0.2) is 9.48 Å². The van der Waals surface area contributed by atoms with Crippen molar-refractivity contribution in [2.24, 2.45) is 0 Å². The summed E-state index contributed by atoms with van der Waals surface area (Å²) < 4.78 is 11.1. The Morgan fingerprint density at radius 3 is 2.52 bits per heavy atom. The number of hydrogen-bond acceptors (Lipinski definition) is 6. The van der Waals surface area contributed by atoms with E-state index in [4.69, 9.17) is 9.47 Å². The van der Waals surface area contributed by atoms with Crippen LogP contribution in [0.1, 0.15) is 37.0 Å². The van der Waals surface area contributed by atoms with Gasteiger partial charge in [0.15, 0.2) is 5.69 Å². The molecule has 0 unspecified atom stereocenters. The first-order chi connectivity index (χ1) is 9.74. The number of esters is 1. The molecule has 21 heavy (non-hydrogen) atoms. The number of nitrogens with zero attached hydrogens (tertiary/aromatic N) is 3. The molecule has 0 aliphatic heterocycles. The molecule has 1 aromatic heterocycles. The molecule has 0 saturated carbocycles. The fraction of sp³-hybridized carbons (Fsp3) is 0.692. The molecular weight excluding hydrogens is 276 g/mol. The number of amides is 1. The molecule has 0 fully saturated rings. The van der Waals surface area contributed by atoms with Crippen molar-refractivity contribution < 1.29 is 19.1 Å². The Labute approximate surface area is 123 Å². The number of ether oxygens (including phenoxy) is 2. The van der Waals surface area contributed by atoms with Gasteiger partial charge in [0, 0.05) is 12.6 Å². The third kappa shape index (κ3) is 5.50. The van der Waals surface area contributed by atoms with Crippen LogP contribution in [0.4, 0.5) is 0 Å². The standard InChI is InChI=1S/C13H22N4O4/c1-9-11(12(19)21-7-6-20-5)15-16-17(9)8-10(18)14-13(2,3)4/h6-8H2,1-5H3,(H,14,18). The maximum Gasteiger partial charge on any atom is 0.360 e. The van der Waals surface area contributed by atoms with E-state index >= 15 is 0 Å². The van der Waals surface area contributed by atoms with Gasteiger partial charge in [-0.05, 0) is 27.7 Å². The number of methoxy groups -OCH3 is 1. The molecule has 1 rings (SSSR count). The van der Waals surface area contributed by atoms with Gasteiger partial charge in [-0.2, -0.15) is 0 Å². The molecule has 118 valence electrons. The minimum atomic E-state index is -0.577. The van der Waals surface area contributed by atoms with Crippen LogP contribution < -0.4 is 5.32 Å². The van der Waals surface area contributed by atoms with E-state index in [0.29, 0.717) is 12.3 Å². The van der Waals surface area contributed by atoms with E-state index in [1.54, 1.807) is 6.92 Å². The third-order valence-corrected chi connectivity index (χ3v) is 2.50. The Bertz CT molecular complexity index is 505. The van der Waals surface area contributed by atoms with Gasteiger partial charge in [0.05, 0.1) is 12.3 Å². The zero-order valence-electron chi connectivity index (χ0n) is 13.1. The summed E-state index contributed by atoms with van der Waals surface area (Å²) in [7, 11) is 1.52. The molecule has 1 N–H and O–H groups in total. The molecule has 0 aliphatic carbocycles. The van der Waals surface area contributed by atoms with Gasteiger partial charge >= 0.3 is 5.97 Å². The minimum absolute atomic E-state index is 0.00144. The Hall–Kier alpha value is -1.96. The van der Waals surface area contributed by atoms with Crippen molar-refractivity contribution in [2.75, 3.05) is 20.3 Å². The van der Waals surface area contributed by atoms with Gasteiger partial charge in [0.1, 0.15) is 13.2 Å². The van der Waals surface area contributed by atoms with E-state index in [9.17, 15) is 9.59 Å². The molecule has 0 bridgehead atoms. The second-order valence-corrected chi connectivity index (χ2v) is 5.61. The molecule has 1 amide bonds. The Balaban J connectivity index is 2.67. The molecule has 0 spiro atoms.